The van der Waals surface area contributed by atoms with E-state index in [1.807, 2.05) is 24.4 Å². The van der Waals surface area contributed by atoms with Gasteiger partial charge in [-0.1, -0.05) is 0 Å². The molecule has 0 fully saturated rings. The number of fused-ring (bicyclic) bond motifs is 4. The van der Waals surface area contributed by atoms with Crippen molar-refractivity contribution in [2.24, 2.45) is 0 Å². The van der Waals surface area contributed by atoms with Gasteiger partial charge in [-0.25, -0.2) is 0 Å². The zero-order valence-corrected chi connectivity index (χ0v) is 28.9. The first kappa shape index (κ1) is 28.9. The number of benzene rings is 3. The first-order valence-corrected chi connectivity index (χ1v) is 17.4. The van der Waals surface area contributed by atoms with E-state index in [0.29, 0.717) is 0 Å². The molecule has 0 unspecified atom stereocenters. The summed E-state index contributed by atoms with van der Waals surface area (Å²) in [7, 11) is 0. The molecule has 0 aliphatic heterocycles. The summed E-state index contributed by atoms with van der Waals surface area (Å²) in [6.45, 7) is 15.5. The summed E-state index contributed by atoms with van der Waals surface area (Å²) < 4.78 is 15.2. The van der Waals surface area contributed by atoms with Gasteiger partial charge in [-0.15, -0.1) is 0 Å². The Morgan fingerprint density at radius 1 is 0.609 bits per heavy atom. The van der Waals surface area contributed by atoms with E-state index in [2.05, 4.69) is 109 Å². The molecule has 5 nitrogen and oxygen atoms in total. The molecule has 0 radical (unpaired) electrons. The van der Waals surface area contributed by atoms with Gasteiger partial charge in [0.25, 0.3) is 0 Å². The van der Waals surface area contributed by atoms with Crippen LogP contribution in [0.2, 0.25) is 0 Å². The van der Waals surface area contributed by atoms with Gasteiger partial charge in [0.15, 0.2) is 0 Å². The molecule has 46 heavy (non-hydrogen) atoms. The molecule has 0 aliphatic rings. The van der Waals surface area contributed by atoms with Gasteiger partial charge in [-0.3, -0.25) is 0 Å². The quantitative estimate of drug-likeness (QED) is 0.176. The minimum absolute atomic E-state index is 0.0197. The van der Waals surface area contributed by atoms with E-state index in [9.17, 15) is 0 Å². The van der Waals surface area contributed by atoms with Gasteiger partial charge in [0.1, 0.15) is 0 Å². The van der Waals surface area contributed by atoms with Gasteiger partial charge in [0.05, 0.1) is 0 Å². The fourth-order valence-electron chi connectivity index (χ4n) is 6.26. The van der Waals surface area contributed by atoms with Crippen LogP contribution in [0.4, 0.5) is 0 Å². The monoisotopic (exact) mass is 669 g/mol. The fourth-order valence-corrected chi connectivity index (χ4v) is 8.19. The number of furan rings is 1. The Morgan fingerprint density at radius 2 is 1.30 bits per heavy atom. The molecule has 0 spiro atoms. The van der Waals surface area contributed by atoms with Gasteiger partial charge in [0.2, 0.25) is 0 Å². The molecule has 0 bridgehead atoms. The molecule has 0 N–H and O–H groups in total. The number of pyridine rings is 3. The Bertz CT molecular complexity index is 2490. The predicted octanol–water partition coefficient (Wildman–Crippen LogP) is 9.05. The Kier molecular flexibility index (Phi) is 6.45. The molecule has 228 valence electrons. The standard InChI is InChI=1S/C40H35N3O2Se/c1-22-17-32(46-33-21-25(40(5,6)7)20-29(42-33)28-19-24(15-16-41-28)39(2,3)4)43-36-27-18-23-11-8-9-12-26(23)38-34(27)35-30(44-37(22)36)13-10-14-31(35)45-38/h8-21H,1-7H3. The molecule has 6 heteroatoms. The van der Waals surface area contributed by atoms with E-state index in [0.717, 1.165) is 80.9 Å². The first-order valence-electron chi connectivity index (χ1n) is 15.7. The Balaban J connectivity index is 1.35. The van der Waals surface area contributed by atoms with Crippen molar-refractivity contribution in [2.45, 2.75) is 59.3 Å². The van der Waals surface area contributed by atoms with Crippen molar-refractivity contribution >= 4 is 78.9 Å². The van der Waals surface area contributed by atoms with E-state index in [1.54, 1.807) is 0 Å². The third-order valence-corrected chi connectivity index (χ3v) is 10.6. The molecule has 3 aromatic carbocycles. The van der Waals surface area contributed by atoms with Crippen molar-refractivity contribution in [3.8, 4) is 11.4 Å². The predicted molar refractivity (Wildman–Crippen MR) is 191 cm³/mol. The van der Waals surface area contributed by atoms with E-state index < -0.39 is 0 Å². The maximum absolute atomic E-state index is 6.68. The van der Waals surface area contributed by atoms with E-state index in [4.69, 9.17) is 23.8 Å². The van der Waals surface area contributed by atoms with Gasteiger partial charge >= 0.3 is 275 Å². The number of hydrogen-bond acceptors (Lipinski definition) is 5. The second kappa shape index (κ2) is 10.2. The van der Waals surface area contributed by atoms with Crippen molar-refractivity contribution < 1.29 is 8.83 Å². The van der Waals surface area contributed by atoms with Crippen molar-refractivity contribution in [2.75, 3.05) is 0 Å². The Labute approximate surface area is 274 Å². The average Bonchev–Trinajstić information content (AvgIpc) is 3.35. The van der Waals surface area contributed by atoms with Crippen molar-refractivity contribution in [3.63, 3.8) is 0 Å². The third-order valence-electron chi connectivity index (χ3n) is 8.82. The van der Waals surface area contributed by atoms with Crippen LogP contribution in [0.5, 0.6) is 0 Å². The summed E-state index contributed by atoms with van der Waals surface area (Å²) in [6.07, 6.45) is 1.90. The van der Waals surface area contributed by atoms with Crippen molar-refractivity contribution in [3.05, 3.63) is 102 Å². The topological polar surface area (TPSA) is 65.0 Å². The number of rotatable bonds is 3. The molecule has 0 saturated carbocycles. The van der Waals surface area contributed by atoms with Crippen LogP contribution in [0, 0.1) is 6.92 Å². The zero-order valence-electron chi connectivity index (χ0n) is 27.1. The van der Waals surface area contributed by atoms with Crippen LogP contribution >= 0.6 is 0 Å². The number of aryl methyl sites for hydroxylation is 1. The second-order valence-electron chi connectivity index (χ2n) is 14.2. The SMILES string of the molecule is Cc1cc([Se]c2cc(C(C)(C)C)cc(-c3cc(C(C)(C)C)ccn3)n2)nc2c1oc1cccc3oc4c5ccccc5cc2c4c13. The molecular formula is C40H35N3O2Se. The summed E-state index contributed by atoms with van der Waals surface area (Å²) in [5.74, 6) is 0. The summed E-state index contributed by atoms with van der Waals surface area (Å²) in [5.41, 5.74) is 9.42. The minimum atomic E-state index is -0.168. The molecule has 0 atom stereocenters. The Hall–Kier alpha value is -4.51. The molecule has 0 saturated heterocycles. The second-order valence-corrected chi connectivity index (χ2v) is 16.4. The van der Waals surface area contributed by atoms with E-state index in [-0.39, 0.29) is 25.8 Å². The van der Waals surface area contributed by atoms with Crippen LogP contribution in [0.1, 0.15) is 58.2 Å². The fraction of sp³-hybridized carbons (Fsp3) is 0.225. The summed E-state index contributed by atoms with van der Waals surface area (Å²) in [5, 5.41) is 5.29. The molecule has 5 heterocycles. The molecule has 0 amide bonds. The van der Waals surface area contributed by atoms with Crippen LogP contribution < -0.4 is 9.18 Å². The van der Waals surface area contributed by atoms with Gasteiger partial charge < -0.3 is 0 Å². The number of hydrogen-bond donors (Lipinski definition) is 0. The van der Waals surface area contributed by atoms with E-state index >= 15 is 0 Å². The van der Waals surface area contributed by atoms with Gasteiger partial charge in [0, 0.05) is 0 Å². The van der Waals surface area contributed by atoms with Crippen LogP contribution in [0.25, 0.3) is 66.2 Å². The zero-order chi connectivity index (χ0) is 32.0. The number of aromatic nitrogens is 3. The van der Waals surface area contributed by atoms with Crippen LogP contribution in [0.15, 0.2) is 93.9 Å². The molecular weight excluding hydrogens is 633 g/mol. The Morgan fingerprint density at radius 3 is 2.07 bits per heavy atom. The third kappa shape index (κ3) is 4.79. The summed E-state index contributed by atoms with van der Waals surface area (Å²) >= 11 is -0.168. The molecule has 5 aromatic heterocycles. The average molecular weight is 669 g/mol. The summed E-state index contributed by atoms with van der Waals surface area (Å²) in [4.78, 5) is 15.3. The van der Waals surface area contributed by atoms with Crippen LogP contribution in [-0.4, -0.2) is 29.9 Å². The first-order chi connectivity index (χ1) is 21.9. The van der Waals surface area contributed by atoms with E-state index in [1.165, 1.54) is 11.1 Å². The summed E-state index contributed by atoms with van der Waals surface area (Å²) in [6, 6.07) is 27.6. The van der Waals surface area contributed by atoms with Crippen molar-refractivity contribution in [1.82, 2.24) is 15.0 Å². The molecule has 8 rings (SSSR count). The van der Waals surface area contributed by atoms with Gasteiger partial charge in [-0.05, 0) is 0 Å². The van der Waals surface area contributed by atoms with Gasteiger partial charge in [-0.2, -0.15) is 0 Å². The maximum atomic E-state index is 6.68. The molecule has 0 aliphatic carbocycles. The van der Waals surface area contributed by atoms with Crippen LogP contribution in [0.3, 0.4) is 0 Å². The normalized spacial score (nSPS) is 12.8. The van der Waals surface area contributed by atoms with Crippen LogP contribution in [-0.2, 0) is 10.8 Å². The molecule has 8 aromatic rings. The van der Waals surface area contributed by atoms with Crippen molar-refractivity contribution in [1.29, 1.82) is 0 Å². The number of nitrogens with zero attached hydrogens (tertiary/aromatic N) is 3.